The van der Waals surface area contributed by atoms with Gasteiger partial charge in [-0.25, -0.2) is 0 Å². The van der Waals surface area contributed by atoms with E-state index in [2.05, 4.69) is 103 Å². The molecule has 0 bridgehead atoms. The second-order valence-electron chi connectivity index (χ2n) is 5.77. The smallest absolute Gasteiger partial charge is 0.0947 e. The lowest BCUT2D eigenvalue weighted by atomic mass is 9.77. The molecule has 1 heteroatoms. The standard InChI is InChI=1S/C22H23N/c1-2-18-23-22(19-12-6-3-7-13-19,20-14-8-4-9-15-20)21-16-10-5-11-17-21/h3-17,23H,2,18H2,1H3. The molecule has 0 spiro atoms. The topological polar surface area (TPSA) is 12.0 Å². The Morgan fingerprint density at radius 3 is 1.26 bits per heavy atom. The highest BCUT2D eigenvalue weighted by molar-refractivity contribution is 5.49. The number of hydrogen-bond donors (Lipinski definition) is 1. The summed E-state index contributed by atoms with van der Waals surface area (Å²) < 4.78 is 0. The van der Waals surface area contributed by atoms with Gasteiger partial charge in [0.05, 0.1) is 5.54 Å². The van der Waals surface area contributed by atoms with Gasteiger partial charge in [-0.05, 0) is 29.7 Å². The SMILES string of the molecule is CCCNC(c1ccccc1)(c1ccccc1)c1ccccc1. The molecule has 0 fully saturated rings. The van der Waals surface area contributed by atoms with E-state index in [9.17, 15) is 0 Å². The fourth-order valence-corrected chi connectivity index (χ4v) is 3.18. The van der Waals surface area contributed by atoms with Crippen LogP contribution < -0.4 is 5.32 Å². The van der Waals surface area contributed by atoms with Crippen molar-refractivity contribution in [2.24, 2.45) is 0 Å². The van der Waals surface area contributed by atoms with Crippen LogP contribution in [0.3, 0.4) is 0 Å². The predicted octanol–water partition coefficient (Wildman–Crippen LogP) is 4.98. The third-order valence-corrected chi connectivity index (χ3v) is 4.26. The predicted molar refractivity (Wildman–Crippen MR) is 97.5 cm³/mol. The largest absolute Gasteiger partial charge is 0.300 e. The molecule has 0 radical (unpaired) electrons. The molecule has 0 aliphatic heterocycles. The van der Waals surface area contributed by atoms with Crippen LogP contribution in [0.1, 0.15) is 30.0 Å². The van der Waals surface area contributed by atoms with E-state index in [1.165, 1.54) is 16.7 Å². The average Bonchev–Trinajstić information content (AvgIpc) is 2.65. The summed E-state index contributed by atoms with van der Waals surface area (Å²) in [5.74, 6) is 0. The van der Waals surface area contributed by atoms with E-state index < -0.39 is 0 Å². The van der Waals surface area contributed by atoms with E-state index in [4.69, 9.17) is 0 Å². The highest BCUT2D eigenvalue weighted by Crippen LogP contribution is 2.36. The van der Waals surface area contributed by atoms with Gasteiger partial charge in [0, 0.05) is 0 Å². The molecule has 0 aromatic heterocycles. The first-order chi connectivity index (χ1) is 11.4. The maximum absolute atomic E-state index is 3.83. The summed E-state index contributed by atoms with van der Waals surface area (Å²) in [6, 6.07) is 32.2. The van der Waals surface area contributed by atoms with Crippen LogP contribution >= 0.6 is 0 Å². The van der Waals surface area contributed by atoms with Gasteiger partial charge in [-0.2, -0.15) is 0 Å². The van der Waals surface area contributed by atoms with Crippen molar-refractivity contribution in [1.82, 2.24) is 5.32 Å². The van der Waals surface area contributed by atoms with Crippen molar-refractivity contribution < 1.29 is 0 Å². The molecule has 0 aliphatic carbocycles. The zero-order chi connectivity index (χ0) is 16.0. The van der Waals surface area contributed by atoms with Gasteiger partial charge in [0.2, 0.25) is 0 Å². The fraction of sp³-hybridized carbons (Fsp3) is 0.182. The molecule has 0 heterocycles. The fourth-order valence-electron chi connectivity index (χ4n) is 3.18. The summed E-state index contributed by atoms with van der Waals surface area (Å²) in [4.78, 5) is 0. The molecule has 3 rings (SSSR count). The van der Waals surface area contributed by atoms with Gasteiger partial charge in [0.15, 0.2) is 0 Å². The van der Waals surface area contributed by atoms with E-state index in [0.29, 0.717) is 0 Å². The summed E-state index contributed by atoms with van der Waals surface area (Å²) in [5, 5.41) is 3.83. The Hall–Kier alpha value is -2.38. The third kappa shape index (κ3) is 3.06. The van der Waals surface area contributed by atoms with Gasteiger partial charge in [0.1, 0.15) is 0 Å². The van der Waals surface area contributed by atoms with Crippen molar-refractivity contribution >= 4 is 0 Å². The molecule has 3 aromatic rings. The van der Waals surface area contributed by atoms with Gasteiger partial charge >= 0.3 is 0 Å². The van der Waals surface area contributed by atoms with Crippen LogP contribution in [0.5, 0.6) is 0 Å². The zero-order valence-corrected chi connectivity index (χ0v) is 13.6. The molecule has 0 amide bonds. The van der Waals surface area contributed by atoms with Crippen molar-refractivity contribution in [2.45, 2.75) is 18.9 Å². The molecular formula is C22H23N. The van der Waals surface area contributed by atoms with Gasteiger partial charge in [-0.1, -0.05) is 97.9 Å². The lowest BCUT2D eigenvalue weighted by Gasteiger charge is -2.37. The van der Waals surface area contributed by atoms with Crippen LogP contribution in [0.25, 0.3) is 0 Å². The number of hydrogen-bond acceptors (Lipinski definition) is 1. The molecule has 0 aliphatic rings. The second-order valence-corrected chi connectivity index (χ2v) is 5.77. The van der Waals surface area contributed by atoms with Gasteiger partial charge in [0.25, 0.3) is 0 Å². The minimum atomic E-state index is -0.320. The maximum atomic E-state index is 3.83. The van der Waals surface area contributed by atoms with E-state index in [-0.39, 0.29) is 5.54 Å². The molecule has 116 valence electrons. The summed E-state index contributed by atoms with van der Waals surface area (Å²) in [6.45, 7) is 3.16. The Labute approximate surface area is 139 Å². The van der Waals surface area contributed by atoms with Crippen LogP contribution in [0.4, 0.5) is 0 Å². The molecule has 23 heavy (non-hydrogen) atoms. The first kappa shape index (κ1) is 15.5. The molecule has 0 unspecified atom stereocenters. The number of benzene rings is 3. The van der Waals surface area contributed by atoms with Crippen molar-refractivity contribution in [2.75, 3.05) is 6.54 Å². The lowest BCUT2D eigenvalue weighted by Crippen LogP contribution is -2.45. The molecule has 0 saturated carbocycles. The van der Waals surface area contributed by atoms with Gasteiger partial charge in [-0.15, -0.1) is 0 Å². The molecular weight excluding hydrogens is 278 g/mol. The van der Waals surface area contributed by atoms with E-state index in [0.717, 1.165) is 13.0 Å². The molecule has 3 aromatic carbocycles. The number of rotatable bonds is 6. The maximum Gasteiger partial charge on any atom is 0.0947 e. The molecule has 1 N–H and O–H groups in total. The first-order valence-electron chi connectivity index (χ1n) is 8.29. The van der Waals surface area contributed by atoms with Crippen LogP contribution in [0.15, 0.2) is 91.0 Å². The Morgan fingerprint density at radius 1 is 0.609 bits per heavy atom. The summed E-state index contributed by atoms with van der Waals surface area (Å²) in [5.41, 5.74) is 3.49. The van der Waals surface area contributed by atoms with E-state index >= 15 is 0 Å². The van der Waals surface area contributed by atoms with Crippen LogP contribution in [-0.4, -0.2) is 6.54 Å². The van der Waals surface area contributed by atoms with Crippen LogP contribution in [0.2, 0.25) is 0 Å². The quantitative estimate of drug-likeness (QED) is 0.633. The summed E-state index contributed by atoms with van der Waals surface area (Å²) in [7, 11) is 0. The first-order valence-corrected chi connectivity index (χ1v) is 8.29. The Bertz CT molecular complexity index is 608. The average molecular weight is 301 g/mol. The molecule has 0 atom stereocenters. The van der Waals surface area contributed by atoms with Crippen molar-refractivity contribution in [3.8, 4) is 0 Å². The van der Waals surface area contributed by atoms with Gasteiger partial charge < -0.3 is 5.32 Å². The van der Waals surface area contributed by atoms with Crippen molar-refractivity contribution in [1.29, 1.82) is 0 Å². The monoisotopic (exact) mass is 301 g/mol. The molecule has 0 saturated heterocycles. The zero-order valence-electron chi connectivity index (χ0n) is 13.6. The van der Waals surface area contributed by atoms with Gasteiger partial charge in [-0.3, -0.25) is 0 Å². The Kier molecular flexibility index (Phi) is 4.89. The molecule has 1 nitrogen and oxygen atoms in total. The Balaban J connectivity index is 2.25. The highest BCUT2D eigenvalue weighted by atomic mass is 15.0. The third-order valence-electron chi connectivity index (χ3n) is 4.26. The van der Waals surface area contributed by atoms with E-state index in [1.807, 2.05) is 0 Å². The summed E-state index contributed by atoms with van der Waals surface area (Å²) in [6.07, 6.45) is 1.09. The Morgan fingerprint density at radius 2 is 0.957 bits per heavy atom. The normalized spacial score (nSPS) is 11.3. The highest BCUT2D eigenvalue weighted by Gasteiger charge is 2.35. The minimum Gasteiger partial charge on any atom is -0.300 e. The van der Waals surface area contributed by atoms with Crippen LogP contribution in [0, 0.1) is 0 Å². The van der Waals surface area contributed by atoms with Crippen molar-refractivity contribution in [3.05, 3.63) is 108 Å². The lowest BCUT2D eigenvalue weighted by molar-refractivity contribution is 0.472. The minimum absolute atomic E-state index is 0.320. The van der Waals surface area contributed by atoms with Crippen LogP contribution in [-0.2, 0) is 5.54 Å². The second kappa shape index (κ2) is 7.26. The van der Waals surface area contributed by atoms with Crippen molar-refractivity contribution in [3.63, 3.8) is 0 Å². The number of nitrogens with one attached hydrogen (secondary N) is 1. The summed E-state index contributed by atoms with van der Waals surface area (Å²) >= 11 is 0. The van der Waals surface area contributed by atoms with E-state index in [1.54, 1.807) is 0 Å².